The fourth-order valence-corrected chi connectivity index (χ4v) is 6.80. The van der Waals surface area contributed by atoms with Gasteiger partial charge in [0.05, 0.1) is 18.1 Å². The fourth-order valence-electron chi connectivity index (χ4n) is 3.76. The monoisotopic (exact) mass is 462 g/mol. The van der Waals surface area contributed by atoms with Crippen LogP contribution in [-0.2, 0) is 9.84 Å². The largest absolute Gasteiger partial charge is 0.495 e. The summed E-state index contributed by atoms with van der Waals surface area (Å²) < 4.78 is 31.7. The van der Waals surface area contributed by atoms with Crippen molar-refractivity contribution in [3.8, 4) is 17.0 Å². The van der Waals surface area contributed by atoms with Crippen molar-refractivity contribution in [1.82, 2.24) is 4.98 Å². The molecule has 0 atom stereocenters. The van der Waals surface area contributed by atoms with E-state index in [2.05, 4.69) is 35.4 Å². The number of methoxy groups -OCH3 is 1. The molecule has 1 saturated heterocycles. The van der Waals surface area contributed by atoms with E-state index in [1.165, 1.54) is 18.7 Å². The molecule has 8 heteroatoms. The number of hydrogen-bond acceptors (Lipinski definition) is 6. The van der Waals surface area contributed by atoms with Crippen molar-refractivity contribution in [3.63, 3.8) is 0 Å². The van der Waals surface area contributed by atoms with E-state index in [0.29, 0.717) is 36.7 Å². The van der Waals surface area contributed by atoms with E-state index in [0.717, 1.165) is 16.4 Å². The van der Waals surface area contributed by atoms with Gasteiger partial charge in [-0.25, -0.2) is 13.4 Å². The first-order chi connectivity index (χ1) is 14.4. The maximum Gasteiger partial charge on any atom is 0.185 e. The molecule has 3 aromatic rings. The molecular weight excluding hydrogens is 440 g/mol. The van der Waals surface area contributed by atoms with Crippen molar-refractivity contribution in [2.45, 2.75) is 29.9 Å². The van der Waals surface area contributed by atoms with E-state index in [4.69, 9.17) is 21.3 Å². The second-order valence-electron chi connectivity index (χ2n) is 7.41. The summed E-state index contributed by atoms with van der Waals surface area (Å²) in [6, 6.07) is 13.0. The second kappa shape index (κ2) is 8.57. The molecule has 0 radical (unpaired) electrons. The summed E-state index contributed by atoms with van der Waals surface area (Å²) in [6.45, 7) is 3.36. The molecule has 0 bridgehead atoms. The molecule has 0 amide bonds. The molecule has 158 valence electrons. The minimum Gasteiger partial charge on any atom is -0.495 e. The van der Waals surface area contributed by atoms with Gasteiger partial charge < -0.3 is 9.64 Å². The van der Waals surface area contributed by atoms with Crippen LogP contribution >= 0.6 is 22.9 Å². The first-order valence-corrected chi connectivity index (χ1v) is 12.5. The van der Waals surface area contributed by atoms with Crippen LogP contribution in [0.5, 0.6) is 5.75 Å². The van der Waals surface area contributed by atoms with E-state index in [-0.39, 0.29) is 4.90 Å². The highest BCUT2D eigenvalue weighted by Gasteiger charge is 2.34. The highest BCUT2D eigenvalue weighted by Crippen LogP contribution is 2.35. The molecule has 0 saturated carbocycles. The average molecular weight is 463 g/mol. The van der Waals surface area contributed by atoms with Crippen LogP contribution in [0.3, 0.4) is 0 Å². The van der Waals surface area contributed by atoms with Gasteiger partial charge in [0, 0.05) is 29.1 Å². The van der Waals surface area contributed by atoms with Crippen molar-refractivity contribution >= 4 is 37.9 Å². The van der Waals surface area contributed by atoms with Crippen LogP contribution < -0.4 is 9.64 Å². The van der Waals surface area contributed by atoms with E-state index in [1.54, 1.807) is 23.5 Å². The maximum absolute atomic E-state index is 13.2. The van der Waals surface area contributed by atoms with Crippen molar-refractivity contribution < 1.29 is 13.2 Å². The summed E-state index contributed by atoms with van der Waals surface area (Å²) in [5.74, 6) is 0.338. The number of aryl methyl sites for hydroxylation is 1. The number of nitrogens with zero attached hydrogens (tertiary/aromatic N) is 2. The molecule has 2 heterocycles. The number of aromatic nitrogens is 1. The summed E-state index contributed by atoms with van der Waals surface area (Å²) in [5, 5.41) is 2.92. The number of piperidine rings is 1. The fraction of sp³-hybridized carbons (Fsp3) is 0.318. The Morgan fingerprint density at radius 3 is 2.63 bits per heavy atom. The minimum atomic E-state index is -3.53. The SMILES string of the molecule is COc1ccc(Cl)cc1S(=O)(=O)C1CCN(c2nc(-c3cccc(C)c3)cs2)CC1. The van der Waals surface area contributed by atoms with Gasteiger partial charge in [-0.15, -0.1) is 11.3 Å². The highest BCUT2D eigenvalue weighted by molar-refractivity contribution is 7.92. The quantitative estimate of drug-likeness (QED) is 0.520. The third kappa shape index (κ3) is 4.19. The number of rotatable bonds is 5. The molecule has 1 fully saturated rings. The second-order valence-corrected chi connectivity index (χ2v) is 10.9. The van der Waals surface area contributed by atoms with Crippen LogP contribution in [0, 0.1) is 6.92 Å². The summed E-state index contributed by atoms with van der Waals surface area (Å²) in [4.78, 5) is 7.13. The van der Waals surface area contributed by atoms with Crippen molar-refractivity contribution in [2.24, 2.45) is 0 Å². The van der Waals surface area contributed by atoms with Gasteiger partial charge in [0.2, 0.25) is 0 Å². The number of hydrogen-bond donors (Lipinski definition) is 0. The Balaban J connectivity index is 1.49. The van der Waals surface area contributed by atoms with Crippen LogP contribution in [-0.4, -0.2) is 38.9 Å². The van der Waals surface area contributed by atoms with Gasteiger partial charge in [0.1, 0.15) is 10.6 Å². The van der Waals surface area contributed by atoms with Crippen molar-refractivity contribution in [1.29, 1.82) is 0 Å². The van der Waals surface area contributed by atoms with Gasteiger partial charge in [0.15, 0.2) is 15.0 Å². The number of halogens is 1. The Hall–Kier alpha value is -2.09. The molecule has 0 unspecified atom stereocenters. The smallest absolute Gasteiger partial charge is 0.185 e. The predicted molar refractivity (Wildman–Crippen MR) is 123 cm³/mol. The van der Waals surface area contributed by atoms with Crippen molar-refractivity contribution in [2.75, 3.05) is 25.1 Å². The molecule has 0 N–H and O–H groups in total. The van der Waals surface area contributed by atoms with Gasteiger partial charge in [-0.1, -0.05) is 35.4 Å². The number of ether oxygens (including phenoxy) is 1. The van der Waals surface area contributed by atoms with Crippen molar-refractivity contribution in [3.05, 3.63) is 58.4 Å². The van der Waals surface area contributed by atoms with Crippen LogP contribution in [0.15, 0.2) is 52.7 Å². The lowest BCUT2D eigenvalue weighted by molar-refractivity contribution is 0.402. The van der Waals surface area contributed by atoms with Crippen LogP contribution in [0.4, 0.5) is 5.13 Å². The van der Waals surface area contributed by atoms with Crippen LogP contribution in [0.1, 0.15) is 18.4 Å². The zero-order chi connectivity index (χ0) is 21.3. The van der Waals surface area contributed by atoms with Gasteiger partial charge in [-0.05, 0) is 44.0 Å². The lowest BCUT2D eigenvalue weighted by Crippen LogP contribution is -2.39. The average Bonchev–Trinajstić information content (AvgIpc) is 3.24. The number of anilines is 1. The normalized spacial score (nSPS) is 15.4. The first kappa shape index (κ1) is 21.2. The molecule has 1 aliphatic rings. The van der Waals surface area contributed by atoms with E-state index in [1.807, 2.05) is 6.07 Å². The number of benzene rings is 2. The van der Waals surface area contributed by atoms with E-state index >= 15 is 0 Å². The van der Waals surface area contributed by atoms with E-state index in [9.17, 15) is 8.42 Å². The molecule has 1 aromatic heterocycles. The third-order valence-corrected chi connectivity index (χ3v) is 8.81. The first-order valence-electron chi connectivity index (χ1n) is 9.73. The third-order valence-electron chi connectivity index (χ3n) is 5.39. The van der Waals surface area contributed by atoms with Crippen LogP contribution in [0.2, 0.25) is 5.02 Å². The zero-order valence-corrected chi connectivity index (χ0v) is 19.2. The summed E-state index contributed by atoms with van der Waals surface area (Å²) >= 11 is 7.65. The Labute approximate surface area is 186 Å². The highest BCUT2D eigenvalue weighted by atomic mass is 35.5. The Bertz CT molecular complexity index is 1150. The maximum atomic E-state index is 13.2. The standard InChI is InChI=1S/C22H23ClN2O3S2/c1-15-4-3-5-16(12-15)19-14-29-22(24-19)25-10-8-18(9-11-25)30(26,27)21-13-17(23)6-7-20(21)28-2/h3-7,12-14,18H,8-11H2,1-2H3. The van der Waals surface area contributed by atoms with Gasteiger partial charge in [-0.2, -0.15) is 0 Å². The summed E-state index contributed by atoms with van der Waals surface area (Å²) in [6.07, 6.45) is 1.08. The number of thiazole rings is 1. The predicted octanol–water partition coefficient (Wildman–Crippen LogP) is 5.22. The minimum absolute atomic E-state index is 0.173. The lowest BCUT2D eigenvalue weighted by Gasteiger charge is -2.31. The molecule has 30 heavy (non-hydrogen) atoms. The Kier molecular flexibility index (Phi) is 6.04. The Morgan fingerprint density at radius 1 is 1.17 bits per heavy atom. The molecule has 0 spiro atoms. The summed E-state index contributed by atoms with van der Waals surface area (Å²) in [5.41, 5.74) is 3.25. The molecule has 0 aliphatic carbocycles. The van der Waals surface area contributed by atoms with Gasteiger partial charge in [0.25, 0.3) is 0 Å². The Morgan fingerprint density at radius 2 is 1.93 bits per heavy atom. The zero-order valence-electron chi connectivity index (χ0n) is 16.8. The number of sulfone groups is 1. The molecule has 4 rings (SSSR count). The topological polar surface area (TPSA) is 59.5 Å². The summed E-state index contributed by atoms with van der Waals surface area (Å²) in [7, 11) is -2.06. The lowest BCUT2D eigenvalue weighted by atomic mass is 10.1. The van der Waals surface area contributed by atoms with Gasteiger partial charge in [-0.3, -0.25) is 0 Å². The molecule has 5 nitrogen and oxygen atoms in total. The van der Waals surface area contributed by atoms with Crippen LogP contribution in [0.25, 0.3) is 11.3 Å². The van der Waals surface area contributed by atoms with Gasteiger partial charge >= 0.3 is 0 Å². The molecule has 1 aliphatic heterocycles. The molecular formula is C22H23ClN2O3S2. The van der Waals surface area contributed by atoms with E-state index < -0.39 is 15.1 Å². The molecule has 2 aromatic carbocycles.